The van der Waals surface area contributed by atoms with Crippen LogP contribution in [0.3, 0.4) is 0 Å². The summed E-state index contributed by atoms with van der Waals surface area (Å²) in [6, 6.07) is 3.47. The fraction of sp³-hybridized carbons (Fsp3) is 0.500. The van der Waals surface area contributed by atoms with E-state index in [1.54, 1.807) is 18.3 Å². The molecular formula is C24H28Cl3N7O2. The van der Waals surface area contributed by atoms with Gasteiger partial charge in [-0.05, 0) is 63.0 Å². The number of hydrogen-bond acceptors (Lipinski definition) is 7. The lowest BCUT2D eigenvalue weighted by Crippen LogP contribution is -2.23. The van der Waals surface area contributed by atoms with Gasteiger partial charge in [0.1, 0.15) is 5.52 Å². The Labute approximate surface area is 223 Å². The van der Waals surface area contributed by atoms with Crippen molar-refractivity contribution in [2.24, 2.45) is 11.7 Å². The Balaban J connectivity index is 1.50. The minimum Gasteiger partial charge on any atom is -0.393 e. The average Bonchev–Trinajstić information content (AvgIpc) is 3.38. The number of benzene rings is 1. The molecule has 36 heavy (non-hydrogen) atoms. The number of fused-ring (bicyclic) bond motifs is 1. The molecule has 2 aromatic heterocycles. The third-order valence-electron chi connectivity index (χ3n) is 7.09. The summed E-state index contributed by atoms with van der Waals surface area (Å²) in [7, 11) is 0. The standard InChI is InChI=1S/C24H28Cl3N7O2/c25-13-8-17(26)21(18(27)9-13)32-24-31-19-11-29-23(30-14-3-6-16(35)10-14)33-22(19)34(24)15-4-1-12(2-5-15)7-20(28)36/h8-9,11-12,14-16,35H,1-7,10H2,(H2,28,36)(H,31,32)(H,29,30,33)/t12-,14-,15+,16-/m0/s1. The van der Waals surface area contributed by atoms with Crippen molar-refractivity contribution in [3.63, 3.8) is 0 Å². The Morgan fingerprint density at radius 1 is 1.08 bits per heavy atom. The smallest absolute Gasteiger partial charge is 0.224 e. The molecule has 12 heteroatoms. The van der Waals surface area contributed by atoms with E-state index in [2.05, 4.69) is 20.2 Å². The van der Waals surface area contributed by atoms with Gasteiger partial charge in [0.05, 0.1) is 28.0 Å². The lowest BCUT2D eigenvalue weighted by molar-refractivity contribution is -0.119. The average molecular weight is 553 g/mol. The Morgan fingerprint density at radius 2 is 1.81 bits per heavy atom. The Kier molecular flexibility index (Phi) is 7.44. The highest BCUT2D eigenvalue weighted by molar-refractivity contribution is 6.41. The van der Waals surface area contributed by atoms with Crippen LogP contribution in [0.5, 0.6) is 0 Å². The number of aromatic nitrogens is 4. The number of halogens is 3. The largest absolute Gasteiger partial charge is 0.393 e. The first-order valence-electron chi connectivity index (χ1n) is 12.2. The number of hydrogen-bond donors (Lipinski definition) is 4. The number of primary amides is 1. The van der Waals surface area contributed by atoms with Gasteiger partial charge in [0, 0.05) is 23.5 Å². The van der Waals surface area contributed by atoms with E-state index in [0.717, 1.165) is 38.5 Å². The maximum atomic E-state index is 11.4. The number of carbonyl (C=O) groups is 1. The highest BCUT2D eigenvalue weighted by atomic mass is 35.5. The van der Waals surface area contributed by atoms with Gasteiger partial charge < -0.3 is 21.5 Å². The van der Waals surface area contributed by atoms with E-state index in [1.807, 2.05) is 0 Å². The molecule has 2 aliphatic rings. The Bertz CT molecular complexity index is 1250. The molecule has 2 atom stereocenters. The number of imidazole rings is 1. The zero-order chi connectivity index (χ0) is 25.4. The number of nitrogens with one attached hydrogen (secondary N) is 2. The Hall–Kier alpha value is -2.33. The van der Waals surface area contributed by atoms with Gasteiger partial charge in [-0.2, -0.15) is 4.98 Å². The fourth-order valence-corrected chi connectivity index (χ4v) is 6.24. The molecule has 9 nitrogen and oxygen atoms in total. The van der Waals surface area contributed by atoms with Crippen LogP contribution in [0.4, 0.5) is 17.6 Å². The molecule has 0 bridgehead atoms. The van der Waals surface area contributed by atoms with Crippen molar-refractivity contribution in [2.45, 2.75) is 69.6 Å². The number of aliphatic hydroxyl groups excluding tert-OH is 1. The van der Waals surface area contributed by atoms with Gasteiger partial charge in [-0.25, -0.2) is 9.97 Å². The summed E-state index contributed by atoms with van der Waals surface area (Å²) >= 11 is 19.0. The van der Waals surface area contributed by atoms with E-state index in [1.165, 1.54) is 0 Å². The zero-order valence-electron chi connectivity index (χ0n) is 19.6. The van der Waals surface area contributed by atoms with E-state index >= 15 is 0 Å². The van der Waals surface area contributed by atoms with Crippen LogP contribution >= 0.6 is 34.8 Å². The van der Waals surface area contributed by atoms with Crippen LogP contribution in [0.1, 0.15) is 57.4 Å². The third kappa shape index (κ3) is 5.49. The molecule has 2 fully saturated rings. The normalized spacial score (nSPS) is 24.2. The van der Waals surface area contributed by atoms with Crippen molar-refractivity contribution in [3.8, 4) is 0 Å². The summed E-state index contributed by atoms with van der Waals surface area (Å²) < 4.78 is 2.08. The fourth-order valence-electron chi connectivity index (χ4n) is 5.33. The molecular weight excluding hydrogens is 525 g/mol. The SMILES string of the molecule is NC(=O)C[C@H]1CC[C@@H](n2c(Nc3c(Cl)cc(Cl)cc3Cl)nc3cnc(N[C@H]4CC[C@H](O)C4)nc32)CC1. The second kappa shape index (κ2) is 10.6. The molecule has 1 amide bonds. The quantitative estimate of drug-likeness (QED) is 0.306. The van der Waals surface area contributed by atoms with Crippen molar-refractivity contribution < 1.29 is 9.90 Å². The number of nitrogens with two attached hydrogens (primary N) is 1. The summed E-state index contributed by atoms with van der Waals surface area (Å²) in [5.41, 5.74) is 7.26. The topological polar surface area (TPSA) is 131 Å². The molecule has 0 saturated heterocycles. The van der Waals surface area contributed by atoms with Gasteiger partial charge in [-0.15, -0.1) is 0 Å². The van der Waals surface area contributed by atoms with Gasteiger partial charge in [-0.1, -0.05) is 34.8 Å². The minimum atomic E-state index is -0.294. The molecule has 0 aliphatic heterocycles. The molecule has 1 aromatic carbocycles. The molecule has 3 aromatic rings. The van der Waals surface area contributed by atoms with Gasteiger partial charge >= 0.3 is 0 Å². The number of carbonyl (C=O) groups excluding carboxylic acids is 1. The maximum Gasteiger partial charge on any atom is 0.224 e. The molecule has 192 valence electrons. The van der Waals surface area contributed by atoms with Crippen LogP contribution in [-0.4, -0.2) is 42.7 Å². The summed E-state index contributed by atoms with van der Waals surface area (Å²) in [6.45, 7) is 0. The molecule has 5 N–H and O–H groups in total. The summed E-state index contributed by atoms with van der Waals surface area (Å²) in [6.07, 6.45) is 7.57. The monoisotopic (exact) mass is 551 g/mol. The number of nitrogens with zero attached hydrogens (tertiary/aromatic N) is 4. The summed E-state index contributed by atoms with van der Waals surface area (Å²) in [4.78, 5) is 25.5. The first kappa shape index (κ1) is 25.3. The first-order chi connectivity index (χ1) is 17.3. The van der Waals surface area contributed by atoms with E-state index in [0.29, 0.717) is 56.7 Å². The highest BCUT2D eigenvalue weighted by Gasteiger charge is 2.29. The van der Waals surface area contributed by atoms with Crippen molar-refractivity contribution >= 4 is 69.5 Å². The van der Waals surface area contributed by atoms with Gasteiger partial charge in [-0.3, -0.25) is 9.36 Å². The number of anilines is 3. The lowest BCUT2D eigenvalue weighted by Gasteiger charge is -2.30. The number of aliphatic hydroxyl groups is 1. The molecule has 2 aliphatic carbocycles. The van der Waals surface area contributed by atoms with Gasteiger partial charge in [0.15, 0.2) is 5.65 Å². The lowest BCUT2D eigenvalue weighted by atomic mass is 9.84. The summed E-state index contributed by atoms with van der Waals surface area (Å²) in [5.74, 6) is 1.07. The zero-order valence-corrected chi connectivity index (χ0v) is 21.8. The molecule has 0 spiro atoms. The molecule has 2 heterocycles. The third-order valence-corrected chi connectivity index (χ3v) is 7.90. The van der Waals surface area contributed by atoms with E-state index in [-0.39, 0.29) is 30.0 Å². The maximum absolute atomic E-state index is 11.4. The Morgan fingerprint density at radius 3 is 2.44 bits per heavy atom. The van der Waals surface area contributed by atoms with Crippen molar-refractivity contribution in [3.05, 3.63) is 33.4 Å². The van der Waals surface area contributed by atoms with E-state index < -0.39 is 0 Å². The van der Waals surface area contributed by atoms with Crippen LogP contribution in [0.25, 0.3) is 11.2 Å². The van der Waals surface area contributed by atoms with Crippen molar-refractivity contribution in [1.29, 1.82) is 0 Å². The molecule has 5 rings (SSSR count). The van der Waals surface area contributed by atoms with Crippen LogP contribution in [0.15, 0.2) is 18.3 Å². The van der Waals surface area contributed by atoms with Gasteiger partial charge in [0.25, 0.3) is 0 Å². The predicted octanol–water partition coefficient (Wildman–Crippen LogP) is 5.46. The second-order valence-electron chi connectivity index (χ2n) is 9.73. The highest BCUT2D eigenvalue weighted by Crippen LogP contribution is 2.40. The van der Waals surface area contributed by atoms with Crippen LogP contribution < -0.4 is 16.4 Å². The summed E-state index contributed by atoms with van der Waals surface area (Å²) in [5, 5.41) is 17.7. The van der Waals surface area contributed by atoms with Gasteiger partial charge in [0.2, 0.25) is 17.8 Å². The molecule has 0 radical (unpaired) electrons. The van der Waals surface area contributed by atoms with Crippen LogP contribution in [0.2, 0.25) is 15.1 Å². The second-order valence-corrected chi connectivity index (χ2v) is 11.0. The van der Waals surface area contributed by atoms with Crippen molar-refractivity contribution in [2.75, 3.05) is 10.6 Å². The first-order valence-corrected chi connectivity index (χ1v) is 13.3. The van der Waals surface area contributed by atoms with Crippen LogP contribution in [0, 0.1) is 5.92 Å². The van der Waals surface area contributed by atoms with Crippen molar-refractivity contribution in [1.82, 2.24) is 19.5 Å². The predicted molar refractivity (Wildman–Crippen MR) is 142 cm³/mol. The number of amides is 1. The number of rotatable bonds is 7. The van der Waals surface area contributed by atoms with E-state index in [4.69, 9.17) is 50.5 Å². The molecule has 0 unspecified atom stereocenters. The molecule has 2 saturated carbocycles. The van der Waals surface area contributed by atoms with E-state index in [9.17, 15) is 9.90 Å². The minimum absolute atomic E-state index is 0.0996. The van der Waals surface area contributed by atoms with Crippen LogP contribution in [-0.2, 0) is 4.79 Å².